The number of halogens is 1. The number of hydrogen-bond acceptors (Lipinski definition) is 2. The Labute approximate surface area is 105 Å². The van der Waals surface area contributed by atoms with E-state index < -0.39 is 0 Å². The van der Waals surface area contributed by atoms with Gasteiger partial charge < -0.3 is 4.74 Å². The van der Waals surface area contributed by atoms with E-state index in [-0.39, 0.29) is 5.60 Å². The van der Waals surface area contributed by atoms with E-state index in [1.807, 2.05) is 0 Å². The maximum Gasteiger partial charge on any atom is 0.123 e. The lowest BCUT2D eigenvalue weighted by atomic mass is 9.84. The summed E-state index contributed by atoms with van der Waals surface area (Å²) in [7, 11) is 0. The molecule has 1 aromatic rings. The van der Waals surface area contributed by atoms with Gasteiger partial charge in [-0.15, -0.1) is 0 Å². The van der Waals surface area contributed by atoms with E-state index in [1.165, 1.54) is 18.4 Å². The molecule has 2 aliphatic rings. The summed E-state index contributed by atoms with van der Waals surface area (Å²) < 4.78 is 8.47. The van der Waals surface area contributed by atoms with Gasteiger partial charge >= 0.3 is 0 Å². The monoisotopic (exact) mass is 281 g/mol. The van der Waals surface area contributed by atoms with Crippen LogP contribution in [0.2, 0.25) is 0 Å². The molecule has 2 aliphatic heterocycles. The third-order valence-corrected chi connectivity index (χ3v) is 4.48. The molecule has 0 saturated carbocycles. The van der Waals surface area contributed by atoms with Gasteiger partial charge in [-0.3, -0.25) is 0 Å². The predicted octanol–water partition coefficient (Wildman–Crippen LogP) is 3.16. The molecule has 0 amide bonds. The molecule has 16 heavy (non-hydrogen) atoms. The second-order valence-electron chi connectivity index (χ2n) is 4.80. The highest BCUT2D eigenvalue weighted by Crippen LogP contribution is 2.39. The smallest absolute Gasteiger partial charge is 0.123 e. The van der Waals surface area contributed by atoms with Gasteiger partial charge in [-0.05, 0) is 24.5 Å². The van der Waals surface area contributed by atoms with Gasteiger partial charge in [0.15, 0.2) is 0 Å². The summed E-state index contributed by atoms with van der Waals surface area (Å²) in [5.41, 5.74) is 1.48. The molecule has 0 bridgehead atoms. The van der Waals surface area contributed by atoms with Crippen molar-refractivity contribution < 1.29 is 4.74 Å². The Morgan fingerprint density at radius 1 is 1.12 bits per heavy atom. The predicted molar refractivity (Wildman–Crippen MR) is 67.9 cm³/mol. The van der Waals surface area contributed by atoms with Gasteiger partial charge in [-0.2, -0.15) is 0 Å². The van der Waals surface area contributed by atoms with Gasteiger partial charge in [0.25, 0.3) is 0 Å². The van der Waals surface area contributed by atoms with Crippen LogP contribution >= 0.6 is 16.1 Å². The van der Waals surface area contributed by atoms with E-state index in [0.717, 1.165) is 31.7 Å². The molecule has 1 spiro atoms. The topological polar surface area (TPSA) is 12.5 Å². The second-order valence-corrected chi connectivity index (χ2v) is 5.81. The van der Waals surface area contributed by atoms with Gasteiger partial charge in [0.05, 0.1) is 0 Å². The number of nitrogens with zero attached hydrogens (tertiary/aromatic N) is 1. The number of fused-ring (bicyclic) bond motifs is 1. The van der Waals surface area contributed by atoms with Crippen molar-refractivity contribution in [2.45, 2.75) is 31.3 Å². The first kappa shape index (κ1) is 10.6. The highest BCUT2D eigenvalue weighted by atomic mass is 79.9. The highest BCUT2D eigenvalue weighted by Gasteiger charge is 2.38. The van der Waals surface area contributed by atoms with Crippen LogP contribution in [0.15, 0.2) is 24.3 Å². The van der Waals surface area contributed by atoms with Gasteiger partial charge in [0.2, 0.25) is 0 Å². The lowest BCUT2D eigenvalue weighted by molar-refractivity contribution is 0.00455. The second kappa shape index (κ2) is 4.04. The Hall–Kier alpha value is -0.540. The number of piperidine rings is 1. The summed E-state index contributed by atoms with van der Waals surface area (Å²) in [5.74, 6) is 1.11. The lowest BCUT2D eigenvalue weighted by Crippen LogP contribution is -2.47. The van der Waals surface area contributed by atoms with Crippen molar-refractivity contribution in [3.8, 4) is 5.75 Å². The fraction of sp³-hybridized carbons (Fsp3) is 0.538. The molecule has 1 saturated heterocycles. The SMILES string of the molecule is BrN1CCC2(CCc3ccccc3O2)CC1. The van der Waals surface area contributed by atoms with Crippen LogP contribution in [0, 0.1) is 0 Å². The van der Waals surface area contributed by atoms with Crippen LogP contribution < -0.4 is 4.74 Å². The number of rotatable bonds is 0. The van der Waals surface area contributed by atoms with E-state index in [9.17, 15) is 0 Å². The average Bonchev–Trinajstić information content (AvgIpc) is 2.33. The molecule has 3 rings (SSSR count). The van der Waals surface area contributed by atoms with Crippen LogP contribution in [0.5, 0.6) is 5.75 Å². The number of aryl methyl sites for hydroxylation is 1. The standard InChI is InChI=1S/C13H16BrNO/c14-15-9-7-13(8-10-15)6-5-11-3-1-2-4-12(11)16-13/h1-4H,5-10H2. The van der Waals surface area contributed by atoms with Gasteiger partial charge in [0, 0.05) is 42.1 Å². The largest absolute Gasteiger partial charge is 0.487 e. The Morgan fingerprint density at radius 3 is 2.69 bits per heavy atom. The third-order valence-electron chi connectivity index (χ3n) is 3.77. The molecule has 2 nitrogen and oxygen atoms in total. The van der Waals surface area contributed by atoms with Gasteiger partial charge in [-0.25, -0.2) is 3.93 Å². The summed E-state index contributed by atoms with van der Waals surface area (Å²) in [6.45, 7) is 2.17. The van der Waals surface area contributed by atoms with Crippen molar-refractivity contribution in [1.29, 1.82) is 0 Å². The van der Waals surface area contributed by atoms with E-state index in [4.69, 9.17) is 4.74 Å². The molecule has 0 radical (unpaired) electrons. The van der Waals surface area contributed by atoms with Crippen molar-refractivity contribution >= 4 is 16.1 Å². The van der Waals surface area contributed by atoms with E-state index in [0.29, 0.717) is 0 Å². The zero-order valence-electron chi connectivity index (χ0n) is 9.29. The molecule has 3 heteroatoms. The van der Waals surface area contributed by atoms with Gasteiger partial charge in [0.1, 0.15) is 11.4 Å². The fourth-order valence-electron chi connectivity index (χ4n) is 2.70. The number of hydrogen-bond donors (Lipinski definition) is 0. The van der Waals surface area contributed by atoms with Crippen molar-refractivity contribution in [3.63, 3.8) is 0 Å². The molecule has 0 aromatic heterocycles. The van der Waals surface area contributed by atoms with Crippen molar-refractivity contribution in [1.82, 2.24) is 3.93 Å². The number of para-hydroxylation sites is 1. The minimum absolute atomic E-state index is 0.110. The Kier molecular flexibility index (Phi) is 2.68. The minimum Gasteiger partial charge on any atom is -0.487 e. The molecule has 0 aliphatic carbocycles. The van der Waals surface area contributed by atoms with Crippen LogP contribution in [-0.2, 0) is 6.42 Å². The third kappa shape index (κ3) is 1.87. The van der Waals surface area contributed by atoms with E-state index in [1.54, 1.807) is 0 Å². The molecule has 1 fully saturated rings. The summed E-state index contributed by atoms with van der Waals surface area (Å²) in [5, 5.41) is 0. The Balaban J connectivity index is 1.82. The van der Waals surface area contributed by atoms with E-state index in [2.05, 4.69) is 44.3 Å². The molecule has 0 N–H and O–H groups in total. The normalized spacial score (nSPS) is 23.8. The van der Waals surface area contributed by atoms with Crippen molar-refractivity contribution in [2.24, 2.45) is 0 Å². The quantitative estimate of drug-likeness (QED) is 0.678. The first-order valence-electron chi connectivity index (χ1n) is 5.95. The Bertz CT molecular complexity index is 385. The van der Waals surface area contributed by atoms with Crippen LogP contribution in [-0.4, -0.2) is 22.6 Å². The summed E-state index contributed by atoms with van der Waals surface area (Å²) in [6, 6.07) is 8.46. The zero-order chi connectivity index (χ0) is 11.0. The van der Waals surface area contributed by atoms with Crippen LogP contribution in [0.1, 0.15) is 24.8 Å². The van der Waals surface area contributed by atoms with Crippen LogP contribution in [0.25, 0.3) is 0 Å². The van der Waals surface area contributed by atoms with Crippen molar-refractivity contribution in [3.05, 3.63) is 29.8 Å². The van der Waals surface area contributed by atoms with Gasteiger partial charge in [-0.1, -0.05) is 18.2 Å². The number of ether oxygens (including phenoxy) is 1. The molecule has 2 heterocycles. The first-order valence-corrected chi connectivity index (χ1v) is 6.66. The zero-order valence-corrected chi connectivity index (χ0v) is 10.9. The molecule has 0 unspecified atom stereocenters. The molecule has 86 valence electrons. The maximum absolute atomic E-state index is 6.26. The minimum atomic E-state index is 0.110. The van der Waals surface area contributed by atoms with E-state index >= 15 is 0 Å². The molecule has 0 atom stereocenters. The maximum atomic E-state index is 6.26. The fourth-order valence-corrected chi connectivity index (χ4v) is 3.05. The summed E-state index contributed by atoms with van der Waals surface area (Å²) >= 11 is 3.55. The molecular formula is C13H16BrNO. The van der Waals surface area contributed by atoms with Crippen molar-refractivity contribution in [2.75, 3.05) is 13.1 Å². The molecule has 1 aromatic carbocycles. The molecular weight excluding hydrogens is 266 g/mol. The Morgan fingerprint density at radius 2 is 1.88 bits per heavy atom. The summed E-state index contributed by atoms with van der Waals surface area (Å²) in [6.07, 6.45) is 4.60. The average molecular weight is 282 g/mol. The highest BCUT2D eigenvalue weighted by molar-refractivity contribution is 9.07. The lowest BCUT2D eigenvalue weighted by Gasteiger charge is -2.43. The number of benzene rings is 1. The van der Waals surface area contributed by atoms with Crippen LogP contribution in [0.4, 0.5) is 0 Å². The van der Waals surface area contributed by atoms with Crippen LogP contribution in [0.3, 0.4) is 0 Å². The summed E-state index contributed by atoms with van der Waals surface area (Å²) in [4.78, 5) is 0. The first-order chi connectivity index (χ1) is 7.77.